The van der Waals surface area contributed by atoms with Crippen molar-refractivity contribution in [1.29, 1.82) is 0 Å². The highest BCUT2D eigenvalue weighted by molar-refractivity contribution is 5.98. The van der Waals surface area contributed by atoms with Crippen molar-refractivity contribution in [3.8, 4) is 0 Å². The van der Waals surface area contributed by atoms with Crippen molar-refractivity contribution in [2.24, 2.45) is 0 Å². The number of aryl methyl sites for hydroxylation is 1. The average molecular weight is 329 g/mol. The van der Waals surface area contributed by atoms with Crippen LogP contribution in [0.3, 0.4) is 0 Å². The lowest BCUT2D eigenvalue weighted by molar-refractivity contribution is -0.147. The fourth-order valence-electron chi connectivity index (χ4n) is 3.50. The lowest BCUT2D eigenvalue weighted by atomic mass is 10.0. The molecule has 0 aromatic heterocycles. The zero-order valence-electron chi connectivity index (χ0n) is 14.0. The maximum absolute atomic E-state index is 12.5. The number of nitrogens with one attached hydrogen (secondary N) is 2. The third-order valence-corrected chi connectivity index (χ3v) is 4.69. The number of rotatable bonds is 4. The van der Waals surface area contributed by atoms with E-state index in [0.717, 1.165) is 12.0 Å². The van der Waals surface area contributed by atoms with E-state index in [1.165, 1.54) is 0 Å². The third kappa shape index (κ3) is 3.13. The molecule has 0 unspecified atom stereocenters. The summed E-state index contributed by atoms with van der Waals surface area (Å²) in [6.07, 6.45) is 1.95. The molecule has 1 aromatic rings. The Balaban J connectivity index is 1.67. The van der Waals surface area contributed by atoms with Crippen LogP contribution in [0.25, 0.3) is 0 Å². The topological polar surface area (TPSA) is 78.5 Å². The lowest BCUT2D eigenvalue weighted by Crippen LogP contribution is -2.61. The van der Waals surface area contributed by atoms with Crippen LogP contribution >= 0.6 is 0 Å². The fourth-order valence-corrected chi connectivity index (χ4v) is 3.50. The standard InChI is InChI=1S/C18H23N3O3/c1-3-5-14-18(24)21-10-13(9-15(21)17(23)20-14)19-16(22)12-7-4-6-11(2)8-12/h4,6-8,13-15H,3,5,9-10H2,1-2H3,(H,19,22)(H,20,23)/t13-,14-,15-/m0/s1. The number of nitrogens with zero attached hydrogens (tertiary/aromatic N) is 1. The van der Waals surface area contributed by atoms with E-state index in [4.69, 9.17) is 0 Å². The van der Waals surface area contributed by atoms with Gasteiger partial charge in [-0.25, -0.2) is 0 Å². The summed E-state index contributed by atoms with van der Waals surface area (Å²) in [7, 11) is 0. The Labute approximate surface area is 141 Å². The highest BCUT2D eigenvalue weighted by Crippen LogP contribution is 2.24. The first kappa shape index (κ1) is 16.5. The number of carbonyl (C=O) groups is 3. The van der Waals surface area contributed by atoms with Crippen LogP contribution in [0.4, 0.5) is 0 Å². The van der Waals surface area contributed by atoms with Gasteiger partial charge in [-0.2, -0.15) is 0 Å². The van der Waals surface area contributed by atoms with Gasteiger partial charge in [-0.3, -0.25) is 14.4 Å². The highest BCUT2D eigenvalue weighted by Gasteiger charge is 2.46. The fraction of sp³-hybridized carbons (Fsp3) is 0.500. The van der Waals surface area contributed by atoms with Crippen LogP contribution in [0, 0.1) is 6.92 Å². The van der Waals surface area contributed by atoms with E-state index in [2.05, 4.69) is 10.6 Å². The second kappa shape index (κ2) is 6.63. The van der Waals surface area contributed by atoms with E-state index in [-0.39, 0.29) is 23.8 Å². The first-order chi connectivity index (χ1) is 11.5. The lowest BCUT2D eigenvalue weighted by Gasteiger charge is -2.34. The van der Waals surface area contributed by atoms with Crippen LogP contribution in [0.1, 0.15) is 42.1 Å². The maximum atomic E-state index is 12.5. The Bertz CT molecular complexity index is 673. The molecule has 2 aliphatic heterocycles. The Morgan fingerprint density at radius 1 is 1.38 bits per heavy atom. The molecule has 1 aromatic carbocycles. The van der Waals surface area contributed by atoms with Crippen molar-refractivity contribution in [2.45, 2.75) is 51.2 Å². The van der Waals surface area contributed by atoms with Crippen LogP contribution in [-0.4, -0.2) is 47.3 Å². The van der Waals surface area contributed by atoms with Crippen molar-refractivity contribution in [1.82, 2.24) is 15.5 Å². The summed E-state index contributed by atoms with van der Waals surface area (Å²) < 4.78 is 0. The monoisotopic (exact) mass is 329 g/mol. The van der Waals surface area contributed by atoms with Gasteiger partial charge in [-0.05, 0) is 31.9 Å². The second-order valence-corrected chi connectivity index (χ2v) is 6.63. The summed E-state index contributed by atoms with van der Waals surface area (Å²) in [6, 6.07) is 6.28. The summed E-state index contributed by atoms with van der Waals surface area (Å²) in [5.41, 5.74) is 1.61. The molecule has 3 atom stereocenters. The van der Waals surface area contributed by atoms with Crippen molar-refractivity contribution in [3.05, 3.63) is 35.4 Å². The summed E-state index contributed by atoms with van der Waals surface area (Å²) in [5, 5.41) is 5.76. The molecule has 128 valence electrons. The molecule has 0 saturated carbocycles. The van der Waals surface area contributed by atoms with Gasteiger partial charge in [0.05, 0.1) is 0 Å². The molecule has 2 aliphatic rings. The van der Waals surface area contributed by atoms with E-state index >= 15 is 0 Å². The Kier molecular flexibility index (Phi) is 4.55. The van der Waals surface area contributed by atoms with E-state index in [9.17, 15) is 14.4 Å². The van der Waals surface area contributed by atoms with E-state index in [1.807, 2.05) is 32.0 Å². The third-order valence-electron chi connectivity index (χ3n) is 4.69. The predicted octanol–water partition coefficient (Wildman–Crippen LogP) is 0.993. The van der Waals surface area contributed by atoms with Gasteiger partial charge >= 0.3 is 0 Å². The molecule has 6 heteroatoms. The van der Waals surface area contributed by atoms with Gasteiger partial charge in [-0.15, -0.1) is 0 Å². The molecule has 2 N–H and O–H groups in total. The smallest absolute Gasteiger partial charge is 0.251 e. The summed E-state index contributed by atoms with van der Waals surface area (Å²) >= 11 is 0. The molecule has 0 aliphatic carbocycles. The molecule has 3 rings (SSSR count). The van der Waals surface area contributed by atoms with Crippen molar-refractivity contribution in [3.63, 3.8) is 0 Å². The molecule has 2 fully saturated rings. The Hall–Kier alpha value is -2.37. The van der Waals surface area contributed by atoms with Gasteiger partial charge in [0.15, 0.2) is 0 Å². The van der Waals surface area contributed by atoms with Gasteiger partial charge in [0.25, 0.3) is 5.91 Å². The van der Waals surface area contributed by atoms with Gasteiger partial charge < -0.3 is 15.5 Å². The van der Waals surface area contributed by atoms with E-state index < -0.39 is 12.1 Å². The number of benzene rings is 1. The molecule has 0 radical (unpaired) electrons. The molecule has 6 nitrogen and oxygen atoms in total. The minimum atomic E-state index is -0.464. The van der Waals surface area contributed by atoms with E-state index in [1.54, 1.807) is 11.0 Å². The predicted molar refractivity (Wildman–Crippen MR) is 89.4 cm³/mol. The van der Waals surface area contributed by atoms with Crippen molar-refractivity contribution in [2.75, 3.05) is 6.54 Å². The first-order valence-electron chi connectivity index (χ1n) is 8.48. The van der Waals surface area contributed by atoms with Crippen LogP contribution < -0.4 is 10.6 Å². The van der Waals surface area contributed by atoms with Crippen LogP contribution in [0.2, 0.25) is 0 Å². The largest absolute Gasteiger partial charge is 0.347 e. The molecule has 24 heavy (non-hydrogen) atoms. The number of amides is 3. The second-order valence-electron chi connectivity index (χ2n) is 6.63. The molecule has 0 spiro atoms. The Morgan fingerprint density at radius 3 is 2.88 bits per heavy atom. The normalized spacial score (nSPS) is 26.1. The first-order valence-corrected chi connectivity index (χ1v) is 8.48. The Morgan fingerprint density at radius 2 is 2.17 bits per heavy atom. The molecular weight excluding hydrogens is 306 g/mol. The summed E-state index contributed by atoms with van der Waals surface area (Å²) in [4.78, 5) is 38.7. The van der Waals surface area contributed by atoms with Gasteiger partial charge in [0.1, 0.15) is 12.1 Å². The van der Waals surface area contributed by atoms with Gasteiger partial charge in [0.2, 0.25) is 11.8 Å². The van der Waals surface area contributed by atoms with Crippen LogP contribution in [0.5, 0.6) is 0 Å². The van der Waals surface area contributed by atoms with E-state index in [0.29, 0.717) is 24.9 Å². The quantitative estimate of drug-likeness (QED) is 0.865. The highest BCUT2D eigenvalue weighted by atomic mass is 16.2. The summed E-state index contributed by atoms with van der Waals surface area (Å²) in [5.74, 6) is -0.310. The number of carbonyl (C=O) groups excluding carboxylic acids is 3. The summed E-state index contributed by atoms with van der Waals surface area (Å²) in [6.45, 7) is 4.32. The SMILES string of the molecule is CCC[C@@H]1NC(=O)[C@@H]2C[C@H](NC(=O)c3cccc(C)c3)CN2C1=O. The maximum Gasteiger partial charge on any atom is 0.251 e. The van der Waals surface area contributed by atoms with Gasteiger partial charge in [-0.1, -0.05) is 31.0 Å². The average Bonchev–Trinajstić information content (AvgIpc) is 2.97. The molecule has 2 saturated heterocycles. The van der Waals surface area contributed by atoms with Gasteiger partial charge in [0, 0.05) is 18.2 Å². The number of hydrogen-bond donors (Lipinski definition) is 2. The number of hydrogen-bond acceptors (Lipinski definition) is 3. The van der Waals surface area contributed by atoms with Crippen LogP contribution in [0.15, 0.2) is 24.3 Å². The van der Waals surface area contributed by atoms with Crippen molar-refractivity contribution < 1.29 is 14.4 Å². The minimum absolute atomic E-state index is 0.0336. The molecule has 2 heterocycles. The number of fused-ring (bicyclic) bond motifs is 1. The van der Waals surface area contributed by atoms with Crippen molar-refractivity contribution >= 4 is 17.7 Å². The zero-order chi connectivity index (χ0) is 17.3. The number of piperazine rings is 1. The molecule has 0 bridgehead atoms. The van der Waals surface area contributed by atoms with Crippen LogP contribution in [-0.2, 0) is 9.59 Å². The molecule has 3 amide bonds. The minimum Gasteiger partial charge on any atom is -0.347 e. The molecular formula is C18H23N3O3. The zero-order valence-corrected chi connectivity index (χ0v) is 14.0.